The van der Waals surface area contributed by atoms with E-state index in [1.165, 1.54) is 15.9 Å². The van der Waals surface area contributed by atoms with Gasteiger partial charge in [0.15, 0.2) is 17.3 Å². The van der Waals surface area contributed by atoms with E-state index < -0.39 is 0 Å². The summed E-state index contributed by atoms with van der Waals surface area (Å²) in [6.07, 6.45) is 3.75. The van der Waals surface area contributed by atoms with Crippen LogP contribution < -0.4 is 24.3 Å². The summed E-state index contributed by atoms with van der Waals surface area (Å²) in [5.41, 5.74) is 3.73. The predicted octanol–water partition coefficient (Wildman–Crippen LogP) is 4.00. The third-order valence-corrected chi connectivity index (χ3v) is 7.35. The quantitative estimate of drug-likeness (QED) is 0.330. The molecule has 39 heavy (non-hydrogen) atoms. The van der Waals surface area contributed by atoms with Gasteiger partial charge in [-0.3, -0.25) is 4.79 Å². The fourth-order valence-electron chi connectivity index (χ4n) is 4.54. The van der Waals surface area contributed by atoms with Crippen molar-refractivity contribution in [2.75, 3.05) is 20.3 Å². The number of rotatable bonds is 5. The van der Waals surface area contributed by atoms with Crippen LogP contribution in [0.1, 0.15) is 5.56 Å². The van der Waals surface area contributed by atoms with Gasteiger partial charge < -0.3 is 14.2 Å². The van der Waals surface area contributed by atoms with Crippen molar-refractivity contribution in [1.82, 2.24) is 24.4 Å². The highest BCUT2D eigenvalue weighted by Crippen LogP contribution is 2.35. The van der Waals surface area contributed by atoms with E-state index in [1.54, 1.807) is 11.8 Å². The second-order valence-electron chi connectivity index (χ2n) is 8.82. The molecule has 0 bridgehead atoms. The second-order valence-corrected chi connectivity index (χ2v) is 9.83. The topological polar surface area (TPSA) is 92.8 Å². The molecule has 0 saturated carbocycles. The van der Waals surface area contributed by atoms with Crippen molar-refractivity contribution < 1.29 is 14.2 Å². The van der Waals surface area contributed by atoms with Gasteiger partial charge in [0, 0.05) is 17.3 Å². The molecule has 3 aromatic heterocycles. The zero-order chi connectivity index (χ0) is 26.3. The van der Waals surface area contributed by atoms with Crippen molar-refractivity contribution in [1.29, 1.82) is 0 Å². The number of para-hydroxylation sites is 2. The van der Waals surface area contributed by atoms with Crippen LogP contribution in [-0.2, 0) is 0 Å². The first-order valence-electron chi connectivity index (χ1n) is 12.3. The summed E-state index contributed by atoms with van der Waals surface area (Å²) >= 11 is 1.28. The van der Waals surface area contributed by atoms with E-state index in [9.17, 15) is 4.79 Å². The number of aromatic nitrogens is 5. The zero-order valence-corrected chi connectivity index (χ0v) is 21.6. The highest BCUT2D eigenvalue weighted by molar-refractivity contribution is 7.15. The molecule has 0 saturated heterocycles. The number of nitrogens with zero attached hydrogens (tertiary/aromatic N) is 5. The molecule has 0 aliphatic carbocycles. The van der Waals surface area contributed by atoms with E-state index in [0.29, 0.717) is 51.5 Å². The Kier molecular flexibility index (Phi) is 5.59. The van der Waals surface area contributed by atoms with Crippen molar-refractivity contribution in [2.45, 2.75) is 0 Å². The molecule has 7 rings (SSSR count). The van der Waals surface area contributed by atoms with Crippen molar-refractivity contribution in [3.8, 4) is 45.6 Å². The Hall–Kier alpha value is -4.96. The van der Waals surface area contributed by atoms with Crippen LogP contribution in [0.4, 0.5) is 0 Å². The van der Waals surface area contributed by atoms with Gasteiger partial charge in [0.05, 0.1) is 22.9 Å². The van der Waals surface area contributed by atoms with Crippen LogP contribution >= 0.6 is 11.3 Å². The highest BCUT2D eigenvalue weighted by Gasteiger charge is 2.18. The standard InChI is InChI=1S/C29H21N5O4S/c1-36-22-10-6-5-9-21(22)27-30-29-34(32-27)28(35)25(39-29)16-19-17-33(20-7-3-2-4-8-20)31-26(19)18-11-12-23-24(15-18)38-14-13-37-23/h2-12,15-17H,13-14H2,1H3. The summed E-state index contributed by atoms with van der Waals surface area (Å²) in [7, 11) is 1.60. The first-order chi connectivity index (χ1) is 19.2. The first-order valence-corrected chi connectivity index (χ1v) is 13.1. The van der Waals surface area contributed by atoms with Gasteiger partial charge in [-0.1, -0.05) is 41.7 Å². The number of thiazole rings is 1. The molecule has 0 radical (unpaired) electrons. The molecule has 192 valence electrons. The largest absolute Gasteiger partial charge is 0.496 e. The number of methoxy groups -OCH3 is 1. The molecule has 0 spiro atoms. The molecule has 9 nitrogen and oxygen atoms in total. The van der Waals surface area contributed by atoms with Crippen molar-refractivity contribution in [2.24, 2.45) is 0 Å². The van der Waals surface area contributed by atoms with Gasteiger partial charge in [-0.25, -0.2) is 4.68 Å². The summed E-state index contributed by atoms with van der Waals surface area (Å²) in [5.74, 6) is 2.46. The highest BCUT2D eigenvalue weighted by atomic mass is 32.1. The lowest BCUT2D eigenvalue weighted by atomic mass is 10.1. The second kappa shape index (κ2) is 9.41. The molecular weight excluding hydrogens is 514 g/mol. The molecule has 4 heterocycles. The maximum absolute atomic E-state index is 13.4. The fourth-order valence-corrected chi connectivity index (χ4v) is 5.44. The average molecular weight is 536 g/mol. The van der Waals surface area contributed by atoms with E-state index >= 15 is 0 Å². The molecular formula is C29H21N5O4S. The SMILES string of the molecule is COc1ccccc1-c1nc2sc(=Cc3cn(-c4ccccc4)nc3-c3ccc4c(c3)OCCO4)c(=O)n2n1. The summed E-state index contributed by atoms with van der Waals surface area (Å²) in [6, 6.07) is 23.0. The Morgan fingerprint density at radius 1 is 0.949 bits per heavy atom. The summed E-state index contributed by atoms with van der Waals surface area (Å²) in [5, 5.41) is 9.37. The summed E-state index contributed by atoms with van der Waals surface area (Å²) in [6.45, 7) is 1.01. The molecule has 3 aromatic carbocycles. The van der Waals surface area contributed by atoms with Gasteiger partial charge in [0.1, 0.15) is 24.7 Å². The monoisotopic (exact) mass is 535 g/mol. The number of hydrogen-bond donors (Lipinski definition) is 0. The van der Waals surface area contributed by atoms with E-state index in [4.69, 9.17) is 19.3 Å². The summed E-state index contributed by atoms with van der Waals surface area (Å²) in [4.78, 5) is 18.5. The lowest BCUT2D eigenvalue weighted by molar-refractivity contribution is 0.171. The van der Waals surface area contributed by atoms with Crippen LogP contribution in [0.2, 0.25) is 0 Å². The number of fused-ring (bicyclic) bond motifs is 2. The Morgan fingerprint density at radius 3 is 2.56 bits per heavy atom. The summed E-state index contributed by atoms with van der Waals surface area (Å²) < 4.78 is 20.6. The van der Waals surface area contributed by atoms with E-state index in [2.05, 4.69) is 10.1 Å². The third kappa shape index (κ3) is 4.11. The smallest absolute Gasteiger partial charge is 0.291 e. The van der Waals surface area contributed by atoms with Crippen LogP contribution in [0.3, 0.4) is 0 Å². The zero-order valence-electron chi connectivity index (χ0n) is 20.8. The Balaban J connectivity index is 1.36. The van der Waals surface area contributed by atoms with Crippen LogP contribution in [-0.4, -0.2) is 44.7 Å². The molecule has 1 aliphatic heterocycles. The molecule has 6 aromatic rings. The predicted molar refractivity (Wildman–Crippen MR) is 148 cm³/mol. The van der Waals surface area contributed by atoms with Gasteiger partial charge in [0.25, 0.3) is 5.56 Å². The van der Waals surface area contributed by atoms with Gasteiger partial charge >= 0.3 is 0 Å². The fraction of sp³-hybridized carbons (Fsp3) is 0.103. The Labute approximate surface area is 226 Å². The molecule has 0 amide bonds. The average Bonchev–Trinajstić information content (AvgIpc) is 3.68. The molecule has 0 N–H and O–H groups in total. The Bertz CT molecular complexity index is 1940. The van der Waals surface area contributed by atoms with Gasteiger partial charge in [-0.05, 0) is 48.5 Å². The molecule has 1 aliphatic rings. The molecule has 0 atom stereocenters. The van der Waals surface area contributed by atoms with Crippen LogP contribution in [0, 0.1) is 0 Å². The van der Waals surface area contributed by atoms with Crippen LogP contribution in [0.25, 0.3) is 39.4 Å². The van der Waals surface area contributed by atoms with E-state index in [-0.39, 0.29) is 5.56 Å². The van der Waals surface area contributed by atoms with Crippen LogP contribution in [0.5, 0.6) is 17.2 Å². The van der Waals surface area contributed by atoms with Crippen molar-refractivity contribution >= 4 is 22.4 Å². The minimum atomic E-state index is -0.246. The maximum Gasteiger partial charge on any atom is 0.291 e. The number of benzene rings is 3. The van der Waals surface area contributed by atoms with Gasteiger partial charge in [-0.15, -0.1) is 5.10 Å². The van der Waals surface area contributed by atoms with Gasteiger partial charge in [0.2, 0.25) is 4.96 Å². The normalized spacial score (nSPS) is 13.2. The lowest BCUT2D eigenvalue weighted by Crippen LogP contribution is -2.23. The lowest BCUT2D eigenvalue weighted by Gasteiger charge is -2.18. The van der Waals surface area contributed by atoms with Crippen molar-refractivity contribution in [3.05, 3.63) is 99.4 Å². The molecule has 0 fully saturated rings. The van der Waals surface area contributed by atoms with Crippen molar-refractivity contribution in [3.63, 3.8) is 0 Å². The minimum Gasteiger partial charge on any atom is -0.496 e. The minimum absolute atomic E-state index is 0.246. The third-order valence-electron chi connectivity index (χ3n) is 6.40. The van der Waals surface area contributed by atoms with Crippen LogP contribution in [0.15, 0.2) is 83.8 Å². The number of hydrogen-bond acceptors (Lipinski definition) is 8. The Morgan fingerprint density at radius 2 is 1.74 bits per heavy atom. The molecule has 10 heteroatoms. The maximum atomic E-state index is 13.4. The number of ether oxygens (including phenoxy) is 3. The van der Waals surface area contributed by atoms with Gasteiger partial charge in [-0.2, -0.15) is 14.6 Å². The molecule has 0 unspecified atom stereocenters. The first kappa shape index (κ1) is 23.2. The van der Waals surface area contributed by atoms with E-state index in [0.717, 1.165) is 22.4 Å². The van der Waals surface area contributed by atoms with E-state index in [1.807, 2.05) is 85.1 Å².